The molecule has 3 heterocycles. The molecule has 1 atom stereocenters. The number of carbonyl (C=O) groups excluding carboxylic acids is 2. The predicted octanol–water partition coefficient (Wildman–Crippen LogP) is 1.72. The minimum atomic E-state index is -3.74. The number of aryl methyl sites for hydroxylation is 1. The SMILES string of the molecule is CCOC(=O)[C@H]1CCCN(C(=O)CC2CCN(S(=O)(=O)c3ccc4c(c3)oc(=O)n4C)CC2)C1. The van der Waals surface area contributed by atoms with Crippen LogP contribution >= 0.6 is 0 Å². The monoisotopic (exact) mass is 493 g/mol. The van der Waals surface area contributed by atoms with E-state index in [9.17, 15) is 22.8 Å². The lowest BCUT2D eigenvalue weighted by Gasteiger charge is -2.34. The zero-order chi connectivity index (χ0) is 24.5. The molecule has 0 spiro atoms. The topological polar surface area (TPSA) is 119 Å². The van der Waals surface area contributed by atoms with E-state index in [4.69, 9.17) is 9.15 Å². The molecule has 186 valence electrons. The molecular formula is C23H31N3O7S. The highest BCUT2D eigenvalue weighted by Crippen LogP contribution is 2.28. The molecule has 11 heteroatoms. The van der Waals surface area contributed by atoms with E-state index in [0.29, 0.717) is 57.6 Å². The van der Waals surface area contributed by atoms with Crippen LogP contribution in [-0.4, -0.2) is 66.9 Å². The fourth-order valence-electron chi connectivity index (χ4n) is 4.81. The molecule has 0 N–H and O–H groups in total. The lowest BCUT2D eigenvalue weighted by Crippen LogP contribution is -2.44. The summed E-state index contributed by atoms with van der Waals surface area (Å²) in [6, 6.07) is 4.44. The Morgan fingerprint density at radius 1 is 1.15 bits per heavy atom. The van der Waals surface area contributed by atoms with Gasteiger partial charge in [0.05, 0.1) is 22.9 Å². The third-order valence-corrected chi connectivity index (χ3v) is 8.73. The third kappa shape index (κ3) is 4.90. The van der Waals surface area contributed by atoms with E-state index in [1.807, 2.05) is 0 Å². The molecule has 4 rings (SSSR count). The van der Waals surface area contributed by atoms with Crippen LogP contribution < -0.4 is 5.76 Å². The second-order valence-corrected chi connectivity index (χ2v) is 11.0. The number of hydrogen-bond acceptors (Lipinski definition) is 7. The normalized spacial score (nSPS) is 20.5. The van der Waals surface area contributed by atoms with Crippen LogP contribution in [0.15, 0.2) is 32.3 Å². The van der Waals surface area contributed by atoms with Crippen LogP contribution in [0.2, 0.25) is 0 Å². The smallest absolute Gasteiger partial charge is 0.419 e. The van der Waals surface area contributed by atoms with Crippen molar-refractivity contribution in [2.75, 3.05) is 32.8 Å². The number of esters is 1. The van der Waals surface area contributed by atoms with Crippen molar-refractivity contribution in [3.8, 4) is 0 Å². The molecule has 0 saturated carbocycles. The number of oxazole rings is 1. The van der Waals surface area contributed by atoms with Crippen LogP contribution in [0.3, 0.4) is 0 Å². The fraction of sp³-hybridized carbons (Fsp3) is 0.609. The maximum absolute atomic E-state index is 13.1. The fourth-order valence-corrected chi connectivity index (χ4v) is 6.30. The first-order valence-electron chi connectivity index (χ1n) is 11.7. The van der Waals surface area contributed by atoms with Crippen LogP contribution in [0.1, 0.15) is 39.0 Å². The number of carbonyl (C=O) groups is 2. The molecule has 2 aliphatic rings. The number of aromatic nitrogens is 1. The summed E-state index contributed by atoms with van der Waals surface area (Å²) in [6.45, 7) is 3.78. The molecule has 0 aliphatic carbocycles. The Kier molecular flexibility index (Phi) is 7.13. The summed E-state index contributed by atoms with van der Waals surface area (Å²) >= 11 is 0. The summed E-state index contributed by atoms with van der Waals surface area (Å²) in [7, 11) is -2.17. The number of likely N-dealkylation sites (tertiary alicyclic amines) is 1. The predicted molar refractivity (Wildman–Crippen MR) is 123 cm³/mol. The standard InChI is InChI=1S/C23H31N3O7S/c1-3-32-22(28)17-5-4-10-25(15-17)21(27)13-16-8-11-26(12-9-16)34(30,31)18-6-7-19-20(14-18)33-23(29)24(19)2/h6-7,14,16-17H,3-5,8-13,15H2,1-2H3/t17-/m0/s1. The Balaban J connectivity index is 1.34. The molecule has 34 heavy (non-hydrogen) atoms. The quantitative estimate of drug-likeness (QED) is 0.562. The Morgan fingerprint density at radius 2 is 1.88 bits per heavy atom. The number of ether oxygens (including phenoxy) is 1. The highest BCUT2D eigenvalue weighted by Gasteiger charge is 2.33. The summed E-state index contributed by atoms with van der Waals surface area (Å²) in [6.07, 6.45) is 3.03. The third-order valence-electron chi connectivity index (χ3n) is 6.83. The summed E-state index contributed by atoms with van der Waals surface area (Å²) in [5, 5.41) is 0. The summed E-state index contributed by atoms with van der Waals surface area (Å²) < 4.78 is 39.3. The van der Waals surface area contributed by atoms with Crippen LogP contribution in [0.25, 0.3) is 11.1 Å². The van der Waals surface area contributed by atoms with Crippen LogP contribution in [0.4, 0.5) is 0 Å². The van der Waals surface area contributed by atoms with Gasteiger partial charge in [-0.05, 0) is 50.7 Å². The van der Waals surface area contributed by atoms with Crippen LogP contribution in [0, 0.1) is 11.8 Å². The molecular weight excluding hydrogens is 462 g/mol. The van der Waals surface area contributed by atoms with Gasteiger partial charge < -0.3 is 14.1 Å². The molecule has 1 amide bonds. The van der Waals surface area contributed by atoms with Gasteiger partial charge in [0, 0.05) is 45.7 Å². The average molecular weight is 494 g/mol. The number of amides is 1. The van der Waals surface area contributed by atoms with E-state index in [2.05, 4.69) is 0 Å². The molecule has 2 aromatic rings. The number of benzene rings is 1. The van der Waals surface area contributed by atoms with Crippen molar-refractivity contribution in [2.45, 2.75) is 43.9 Å². The van der Waals surface area contributed by atoms with Gasteiger partial charge in [0.25, 0.3) is 0 Å². The Bertz CT molecular complexity index is 1220. The lowest BCUT2D eigenvalue weighted by atomic mass is 9.92. The molecule has 1 aromatic carbocycles. The lowest BCUT2D eigenvalue weighted by molar-refractivity contribution is -0.151. The van der Waals surface area contributed by atoms with Crippen LogP contribution in [0.5, 0.6) is 0 Å². The summed E-state index contributed by atoms with van der Waals surface area (Å²) in [5.41, 5.74) is 0.765. The van der Waals surface area contributed by atoms with E-state index in [0.717, 1.165) is 12.8 Å². The highest BCUT2D eigenvalue weighted by atomic mass is 32.2. The summed E-state index contributed by atoms with van der Waals surface area (Å²) in [4.78, 5) is 38.4. The van der Waals surface area contributed by atoms with E-state index in [-0.39, 0.29) is 34.2 Å². The van der Waals surface area contributed by atoms with Crippen LogP contribution in [-0.2, 0) is 31.4 Å². The molecule has 2 aliphatic heterocycles. The van der Waals surface area contributed by atoms with Gasteiger partial charge in [0.2, 0.25) is 15.9 Å². The van der Waals surface area contributed by atoms with Crippen molar-refractivity contribution in [1.29, 1.82) is 0 Å². The number of sulfonamides is 1. The van der Waals surface area contributed by atoms with Crippen molar-refractivity contribution in [1.82, 2.24) is 13.8 Å². The van der Waals surface area contributed by atoms with Gasteiger partial charge in [-0.3, -0.25) is 14.2 Å². The van der Waals surface area contributed by atoms with Crippen molar-refractivity contribution >= 4 is 33.0 Å². The minimum Gasteiger partial charge on any atom is -0.466 e. The van der Waals surface area contributed by atoms with Crippen molar-refractivity contribution in [3.63, 3.8) is 0 Å². The first kappa shape index (κ1) is 24.5. The van der Waals surface area contributed by atoms with Gasteiger partial charge in [0.15, 0.2) is 5.58 Å². The van der Waals surface area contributed by atoms with Crippen molar-refractivity contribution in [2.24, 2.45) is 18.9 Å². The average Bonchev–Trinajstić information content (AvgIpc) is 3.12. The largest absolute Gasteiger partial charge is 0.466 e. The minimum absolute atomic E-state index is 0.0138. The van der Waals surface area contributed by atoms with Crippen molar-refractivity contribution in [3.05, 3.63) is 28.7 Å². The van der Waals surface area contributed by atoms with Gasteiger partial charge in [-0.25, -0.2) is 13.2 Å². The number of nitrogens with zero attached hydrogens (tertiary/aromatic N) is 3. The zero-order valence-corrected chi connectivity index (χ0v) is 20.4. The molecule has 0 radical (unpaired) electrons. The van der Waals surface area contributed by atoms with Gasteiger partial charge in [0.1, 0.15) is 0 Å². The molecule has 2 fully saturated rings. The van der Waals surface area contributed by atoms with Gasteiger partial charge in [-0.2, -0.15) is 4.31 Å². The van der Waals surface area contributed by atoms with Gasteiger partial charge >= 0.3 is 11.7 Å². The first-order chi connectivity index (χ1) is 16.2. The van der Waals surface area contributed by atoms with E-state index in [1.165, 1.54) is 21.0 Å². The number of fused-ring (bicyclic) bond motifs is 1. The summed E-state index contributed by atoms with van der Waals surface area (Å²) in [5.74, 6) is -0.948. The van der Waals surface area contributed by atoms with E-state index < -0.39 is 15.8 Å². The van der Waals surface area contributed by atoms with Crippen molar-refractivity contribution < 1.29 is 27.2 Å². The molecule has 2 saturated heterocycles. The maximum Gasteiger partial charge on any atom is 0.419 e. The van der Waals surface area contributed by atoms with Gasteiger partial charge in [-0.15, -0.1) is 0 Å². The maximum atomic E-state index is 13.1. The second-order valence-electron chi connectivity index (χ2n) is 9.04. The Hall–Kier alpha value is -2.66. The second kappa shape index (κ2) is 9.91. The first-order valence-corrected chi connectivity index (χ1v) is 13.2. The van der Waals surface area contributed by atoms with E-state index >= 15 is 0 Å². The highest BCUT2D eigenvalue weighted by molar-refractivity contribution is 7.89. The number of rotatable bonds is 6. The molecule has 10 nitrogen and oxygen atoms in total. The molecule has 1 aromatic heterocycles. The Morgan fingerprint density at radius 3 is 2.59 bits per heavy atom. The molecule has 0 unspecified atom stereocenters. The zero-order valence-electron chi connectivity index (χ0n) is 19.6. The Labute approximate surface area is 198 Å². The molecule has 0 bridgehead atoms. The number of piperidine rings is 2. The van der Waals surface area contributed by atoms with E-state index in [1.54, 1.807) is 24.9 Å². The number of hydrogen-bond donors (Lipinski definition) is 0. The van der Waals surface area contributed by atoms with Gasteiger partial charge in [-0.1, -0.05) is 0 Å².